The molecule has 0 aromatic carbocycles. The van der Waals surface area contributed by atoms with E-state index in [1.165, 1.54) is 0 Å². The largest absolute Gasteiger partial charge is 0.490 e. The van der Waals surface area contributed by atoms with Gasteiger partial charge in [0.25, 0.3) is 5.56 Å². The van der Waals surface area contributed by atoms with E-state index in [9.17, 15) is 47.8 Å². The third kappa shape index (κ3) is 16.5. The lowest BCUT2D eigenvalue weighted by Gasteiger charge is -2.19. The Kier molecular flexibility index (Phi) is 17.1. The van der Waals surface area contributed by atoms with Crippen LogP contribution in [0.4, 0.5) is 0 Å². The standard InChI is InChI=1S/C23H43N8O16P3/c24-15(6-5-9-29-22(25)26)21(35)28-8-4-2-1-3-7-27-18(33)10-14-12-31(23(36)30-20(14)34)19-11-16(32)17(45-19)13-44-49(40,41)47-50(42,43)46-48(37,38)39/h12,15-17,19,32H,1-11,13,24H2,(H,27,33)(H,28,35)(H,40,41)(H,42,43)(H4,25,26,29)(H,30,34,36)(H2,37,38,39)/t15-,16-,17+,19+/m0/s1. The lowest BCUT2D eigenvalue weighted by atomic mass is 10.1. The number of phosphoric ester groups is 1. The topological polar surface area (TPSA) is 393 Å². The number of carbonyl (C=O) groups is 2. The first-order valence-corrected chi connectivity index (χ1v) is 19.5. The Bertz CT molecular complexity index is 1600. The number of aliphatic imine (C=N–C) groups is 1. The fraction of sp³-hybridized carbons (Fsp3) is 0.696. The molecule has 0 radical (unpaired) electrons. The highest BCUT2D eigenvalue weighted by molar-refractivity contribution is 7.66. The van der Waals surface area contributed by atoms with Crippen molar-refractivity contribution >= 4 is 41.2 Å². The Hall–Kier alpha value is -2.82. The van der Waals surface area contributed by atoms with E-state index < -0.39 is 78.1 Å². The summed E-state index contributed by atoms with van der Waals surface area (Å²) >= 11 is 0. The zero-order valence-electron chi connectivity index (χ0n) is 26.6. The lowest BCUT2D eigenvalue weighted by molar-refractivity contribution is -0.122. The maximum absolute atomic E-state index is 12.5. The number of hydrogen-bond donors (Lipinski definition) is 11. The van der Waals surface area contributed by atoms with Crippen molar-refractivity contribution in [3.63, 3.8) is 0 Å². The summed E-state index contributed by atoms with van der Waals surface area (Å²) in [6.07, 6.45) is -0.0336. The highest BCUT2D eigenvalue weighted by Crippen LogP contribution is 2.66. The Labute approximate surface area is 284 Å². The number of aliphatic hydroxyl groups excluding tert-OH is 1. The fourth-order valence-corrected chi connectivity index (χ4v) is 7.46. The van der Waals surface area contributed by atoms with Gasteiger partial charge in [-0.25, -0.2) is 18.5 Å². The molecule has 27 heteroatoms. The molecule has 14 N–H and O–H groups in total. The number of unbranched alkanes of at least 4 members (excludes halogenated alkanes) is 3. The van der Waals surface area contributed by atoms with Crippen LogP contribution in [-0.2, 0) is 47.6 Å². The molecule has 2 unspecified atom stereocenters. The van der Waals surface area contributed by atoms with Gasteiger partial charge in [0.05, 0.1) is 25.2 Å². The number of nitrogens with one attached hydrogen (secondary N) is 3. The van der Waals surface area contributed by atoms with Gasteiger partial charge in [-0.3, -0.25) is 33.5 Å². The van der Waals surface area contributed by atoms with Crippen LogP contribution in [0.3, 0.4) is 0 Å². The van der Waals surface area contributed by atoms with E-state index in [-0.39, 0.29) is 23.9 Å². The lowest BCUT2D eigenvalue weighted by Crippen LogP contribution is -2.41. The first kappa shape index (κ1) is 43.3. The number of nitrogens with two attached hydrogens (primary N) is 3. The van der Waals surface area contributed by atoms with Gasteiger partial charge in [0.1, 0.15) is 12.3 Å². The normalized spacial score (nSPS) is 20.7. The van der Waals surface area contributed by atoms with Crippen LogP contribution in [0.1, 0.15) is 56.7 Å². The number of aliphatic hydroxyl groups is 1. The molecule has 2 heterocycles. The second-order valence-electron chi connectivity index (χ2n) is 10.9. The first-order chi connectivity index (χ1) is 23.2. The summed E-state index contributed by atoms with van der Waals surface area (Å²) in [5.74, 6) is -0.825. The van der Waals surface area contributed by atoms with Gasteiger partial charge in [-0.15, -0.1) is 0 Å². The number of amides is 2. The highest BCUT2D eigenvalue weighted by atomic mass is 31.3. The monoisotopic (exact) mass is 780 g/mol. The third-order valence-corrected chi connectivity index (χ3v) is 10.6. The van der Waals surface area contributed by atoms with E-state index in [4.69, 9.17) is 31.7 Å². The van der Waals surface area contributed by atoms with E-state index in [1.54, 1.807) is 0 Å². The Balaban J connectivity index is 1.77. The van der Waals surface area contributed by atoms with Crippen molar-refractivity contribution in [2.75, 3.05) is 26.2 Å². The molecule has 1 saturated heterocycles. The number of nitrogens with zero attached hydrogens (tertiary/aromatic N) is 2. The number of carbonyl (C=O) groups excluding carboxylic acids is 2. The predicted octanol–water partition coefficient (Wildman–Crippen LogP) is -2.76. The second kappa shape index (κ2) is 19.7. The fourth-order valence-electron chi connectivity index (χ4n) is 4.43. The summed E-state index contributed by atoms with van der Waals surface area (Å²) in [6.45, 7) is 0.131. The zero-order chi connectivity index (χ0) is 37.7. The summed E-state index contributed by atoms with van der Waals surface area (Å²) < 4.78 is 52.2. The van der Waals surface area contributed by atoms with Gasteiger partial charge in [0.2, 0.25) is 11.8 Å². The molecule has 1 fully saturated rings. The van der Waals surface area contributed by atoms with Gasteiger partial charge in [0.15, 0.2) is 5.96 Å². The third-order valence-electron chi connectivity index (χ3n) is 6.75. The molecule has 1 aromatic rings. The molecule has 0 aliphatic carbocycles. The molecule has 0 spiro atoms. The van der Waals surface area contributed by atoms with Crippen LogP contribution < -0.4 is 39.1 Å². The molecule has 2 rings (SSSR count). The van der Waals surface area contributed by atoms with Crippen LogP contribution in [0.25, 0.3) is 0 Å². The average molecular weight is 781 g/mol. The van der Waals surface area contributed by atoms with E-state index >= 15 is 0 Å². The molecule has 6 atom stereocenters. The maximum Gasteiger partial charge on any atom is 0.490 e. The van der Waals surface area contributed by atoms with E-state index in [0.717, 1.165) is 23.6 Å². The number of H-pyrrole nitrogens is 1. The predicted molar refractivity (Wildman–Crippen MR) is 172 cm³/mol. The molecule has 0 saturated carbocycles. The summed E-state index contributed by atoms with van der Waals surface area (Å²) in [5, 5.41) is 15.7. The van der Waals surface area contributed by atoms with Gasteiger partial charge in [-0.1, -0.05) is 12.8 Å². The van der Waals surface area contributed by atoms with Gasteiger partial charge < -0.3 is 57.3 Å². The van der Waals surface area contributed by atoms with E-state index in [0.29, 0.717) is 45.3 Å². The minimum atomic E-state index is -5.77. The van der Waals surface area contributed by atoms with Crippen molar-refractivity contribution < 1.29 is 65.8 Å². The smallest absolute Gasteiger partial charge is 0.390 e. The van der Waals surface area contributed by atoms with E-state index in [1.807, 2.05) is 4.98 Å². The summed E-state index contributed by atoms with van der Waals surface area (Å²) in [6, 6.07) is -0.671. The average Bonchev–Trinajstić information content (AvgIpc) is 3.34. The number of aromatic nitrogens is 2. The number of rotatable bonds is 22. The summed E-state index contributed by atoms with van der Waals surface area (Å²) in [7, 11) is -16.9. The molecule has 0 bridgehead atoms. The molecule has 2 amide bonds. The van der Waals surface area contributed by atoms with E-state index in [2.05, 4.69) is 28.8 Å². The van der Waals surface area contributed by atoms with Crippen LogP contribution in [0, 0.1) is 0 Å². The first-order valence-electron chi connectivity index (χ1n) is 15.0. The Morgan fingerprint density at radius 1 is 1.02 bits per heavy atom. The van der Waals surface area contributed by atoms with Crippen LogP contribution >= 0.6 is 23.5 Å². The Morgan fingerprint density at radius 3 is 2.28 bits per heavy atom. The second-order valence-corrected chi connectivity index (χ2v) is 15.3. The van der Waals surface area contributed by atoms with Crippen molar-refractivity contribution in [3.8, 4) is 0 Å². The number of guanidine groups is 1. The number of aromatic amines is 1. The SMILES string of the molecule is NC(N)=NCCC[C@H](N)C(=O)NCCCCCCNC(=O)Cc1cn([C@H]2C[C@H](O)[C@@H](COP(=O)(O)OP(=O)(O)OP(=O)(O)O)O2)c(=O)[nH]c1=O. The minimum absolute atomic E-state index is 0.0264. The molecule has 24 nitrogen and oxygen atoms in total. The van der Waals surface area contributed by atoms with Gasteiger partial charge >= 0.3 is 29.2 Å². The zero-order valence-corrected chi connectivity index (χ0v) is 29.3. The Morgan fingerprint density at radius 2 is 1.66 bits per heavy atom. The minimum Gasteiger partial charge on any atom is -0.390 e. The van der Waals surface area contributed by atoms with Crippen molar-refractivity contribution in [2.45, 2.75) is 75.8 Å². The molecular formula is C23H43N8O16P3. The van der Waals surface area contributed by atoms with Crippen LogP contribution in [0.5, 0.6) is 0 Å². The summed E-state index contributed by atoms with van der Waals surface area (Å²) in [4.78, 5) is 91.2. The molecule has 286 valence electrons. The van der Waals surface area contributed by atoms with Crippen molar-refractivity contribution in [3.05, 3.63) is 32.6 Å². The van der Waals surface area contributed by atoms with Gasteiger partial charge in [0, 0.05) is 37.8 Å². The molecule has 1 aliphatic rings. The molecular weight excluding hydrogens is 737 g/mol. The number of phosphoric acid groups is 3. The molecule has 50 heavy (non-hydrogen) atoms. The van der Waals surface area contributed by atoms with Gasteiger partial charge in [-0.05, 0) is 25.7 Å². The number of hydrogen-bond acceptors (Lipinski definition) is 14. The number of ether oxygens (including phenoxy) is 1. The van der Waals surface area contributed by atoms with Crippen molar-refractivity contribution in [2.24, 2.45) is 22.2 Å². The van der Waals surface area contributed by atoms with Crippen LogP contribution in [0.15, 0.2) is 20.8 Å². The van der Waals surface area contributed by atoms with Crippen molar-refractivity contribution in [1.82, 2.24) is 20.2 Å². The quantitative estimate of drug-likeness (QED) is 0.0246. The van der Waals surface area contributed by atoms with Crippen LogP contribution in [-0.4, -0.2) is 96.5 Å². The van der Waals surface area contributed by atoms with Crippen LogP contribution in [0.2, 0.25) is 0 Å². The maximum atomic E-state index is 12.5. The van der Waals surface area contributed by atoms with Crippen molar-refractivity contribution in [1.29, 1.82) is 0 Å². The van der Waals surface area contributed by atoms with Gasteiger partial charge in [-0.2, -0.15) is 8.62 Å². The highest BCUT2D eigenvalue weighted by Gasteiger charge is 2.43. The molecule has 1 aromatic heterocycles. The summed E-state index contributed by atoms with van der Waals surface area (Å²) in [5.41, 5.74) is 14.4. The molecule has 1 aliphatic heterocycles.